The SMILES string of the molecule is O=C(CC(F)(F)C(=O)O)OC1CC2CCC1C2. The van der Waals surface area contributed by atoms with Crippen molar-refractivity contribution in [1.29, 1.82) is 0 Å². The summed E-state index contributed by atoms with van der Waals surface area (Å²) in [7, 11) is 0. The van der Waals surface area contributed by atoms with Gasteiger partial charge in [0.15, 0.2) is 0 Å². The predicted octanol–water partition coefficient (Wildman–Crippen LogP) is 1.83. The van der Waals surface area contributed by atoms with Crippen molar-refractivity contribution in [2.24, 2.45) is 11.8 Å². The van der Waals surface area contributed by atoms with Crippen molar-refractivity contribution >= 4 is 11.9 Å². The number of hydrogen-bond donors (Lipinski definition) is 1. The summed E-state index contributed by atoms with van der Waals surface area (Å²) in [5, 5.41) is 8.20. The second kappa shape index (κ2) is 4.23. The Morgan fingerprint density at radius 3 is 2.47 bits per heavy atom. The lowest BCUT2D eigenvalue weighted by Crippen LogP contribution is -2.34. The minimum atomic E-state index is -4.03. The molecule has 96 valence electrons. The number of hydrogen-bond acceptors (Lipinski definition) is 3. The number of fused-ring (bicyclic) bond motifs is 2. The van der Waals surface area contributed by atoms with Gasteiger partial charge in [-0.05, 0) is 37.5 Å². The largest absolute Gasteiger partial charge is 0.477 e. The first-order chi connectivity index (χ1) is 7.88. The number of halogens is 2. The first-order valence-electron chi connectivity index (χ1n) is 5.69. The van der Waals surface area contributed by atoms with E-state index in [9.17, 15) is 18.4 Å². The fourth-order valence-electron chi connectivity index (χ4n) is 2.80. The molecule has 2 aliphatic carbocycles. The second-order valence-corrected chi connectivity index (χ2v) is 4.89. The fourth-order valence-corrected chi connectivity index (χ4v) is 2.80. The number of carboxylic acids is 1. The van der Waals surface area contributed by atoms with Gasteiger partial charge in [0.1, 0.15) is 12.5 Å². The smallest absolute Gasteiger partial charge is 0.375 e. The normalized spacial score (nSPS) is 31.5. The van der Waals surface area contributed by atoms with E-state index in [0.717, 1.165) is 25.7 Å². The topological polar surface area (TPSA) is 63.6 Å². The molecule has 0 heterocycles. The van der Waals surface area contributed by atoms with Crippen molar-refractivity contribution in [3.8, 4) is 0 Å². The van der Waals surface area contributed by atoms with E-state index in [1.807, 2.05) is 0 Å². The maximum Gasteiger partial charge on any atom is 0.375 e. The molecule has 2 rings (SSSR count). The number of carbonyl (C=O) groups is 2. The fraction of sp³-hybridized carbons (Fsp3) is 0.818. The van der Waals surface area contributed by atoms with Crippen LogP contribution in [0.25, 0.3) is 0 Å². The number of carbonyl (C=O) groups excluding carboxylic acids is 1. The lowest BCUT2D eigenvalue weighted by Gasteiger charge is -2.22. The number of ether oxygens (including phenoxy) is 1. The summed E-state index contributed by atoms with van der Waals surface area (Å²) in [5.74, 6) is -6.62. The highest BCUT2D eigenvalue weighted by Crippen LogP contribution is 2.46. The average molecular weight is 248 g/mol. The molecule has 2 fully saturated rings. The Bertz CT molecular complexity index is 342. The zero-order valence-corrected chi connectivity index (χ0v) is 9.20. The summed E-state index contributed by atoms with van der Waals surface area (Å²) in [6.45, 7) is 0. The highest BCUT2D eigenvalue weighted by Gasteiger charge is 2.45. The van der Waals surface area contributed by atoms with Crippen molar-refractivity contribution in [1.82, 2.24) is 0 Å². The molecule has 0 aromatic rings. The van der Waals surface area contributed by atoms with E-state index in [4.69, 9.17) is 9.84 Å². The zero-order chi connectivity index (χ0) is 12.6. The molecular weight excluding hydrogens is 234 g/mol. The summed E-state index contributed by atoms with van der Waals surface area (Å²) in [5.41, 5.74) is 0. The van der Waals surface area contributed by atoms with Crippen molar-refractivity contribution in [3.05, 3.63) is 0 Å². The molecule has 2 bridgehead atoms. The highest BCUT2D eigenvalue weighted by molar-refractivity contribution is 5.82. The van der Waals surface area contributed by atoms with Gasteiger partial charge in [-0.1, -0.05) is 0 Å². The zero-order valence-electron chi connectivity index (χ0n) is 9.20. The molecule has 0 spiro atoms. The van der Waals surface area contributed by atoms with E-state index in [0.29, 0.717) is 5.92 Å². The molecule has 0 saturated heterocycles. The van der Waals surface area contributed by atoms with Gasteiger partial charge < -0.3 is 9.84 Å². The van der Waals surface area contributed by atoms with Crippen LogP contribution in [-0.4, -0.2) is 29.1 Å². The minimum Gasteiger partial charge on any atom is -0.477 e. The van der Waals surface area contributed by atoms with Crippen molar-refractivity contribution < 1.29 is 28.2 Å². The quantitative estimate of drug-likeness (QED) is 0.771. The van der Waals surface area contributed by atoms with Crippen LogP contribution >= 0.6 is 0 Å². The van der Waals surface area contributed by atoms with E-state index in [1.54, 1.807) is 0 Å². The Morgan fingerprint density at radius 2 is 2.00 bits per heavy atom. The third kappa shape index (κ3) is 2.56. The summed E-state index contributed by atoms with van der Waals surface area (Å²) < 4.78 is 30.5. The number of carboxylic acid groups (broad SMARTS) is 1. The van der Waals surface area contributed by atoms with Gasteiger partial charge in [0.05, 0.1) is 0 Å². The average Bonchev–Trinajstić information content (AvgIpc) is 2.77. The molecule has 0 aliphatic heterocycles. The Morgan fingerprint density at radius 1 is 1.29 bits per heavy atom. The summed E-state index contributed by atoms with van der Waals surface area (Å²) >= 11 is 0. The van der Waals surface area contributed by atoms with E-state index in [2.05, 4.69) is 0 Å². The van der Waals surface area contributed by atoms with Crippen LogP contribution in [0.5, 0.6) is 0 Å². The molecule has 2 aliphatic rings. The van der Waals surface area contributed by atoms with Gasteiger partial charge in [0.25, 0.3) is 0 Å². The van der Waals surface area contributed by atoms with Gasteiger partial charge in [-0.3, -0.25) is 4.79 Å². The van der Waals surface area contributed by atoms with Crippen LogP contribution < -0.4 is 0 Å². The summed E-state index contributed by atoms with van der Waals surface area (Å²) in [4.78, 5) is 21.4. The van der Waals surface area contributed by atoms with Gasteiger partial charge in [0, 0.05) is 0 Å². The molecule has 6 heteroatoms. The Balaban J connectivity index is 1.84. The maximum atomic E-state index is 12.8. The number of rotatable bonds is 4. The van der Waals surface area contributed by atoms with E-state index < -0.39 is 24.3 Å². The number of aliphatic carboxylic acids is 1. The van der Waals surface area contributed by atoms with E-state index >= 15 is 0 Å². The number of esters is 1. The van der Waals surface area contributed by atoms with Crippen molar-refractivity contribution in [2.45, 2.75) is 44.1 Å². The van der Waals surface area contributed by atoms with Crippen LogP contribution in [0.4, 0.5) is 8.78 Å². The standard InChI is InChI=1S/C11H14F2O4/c12-11(13,10(15)16)5-9(14)17-8-4-6-1-2-7(8)3-6/h6-8H,1-5H2,(H,15,16). The van der Waals surface area contributed by atoms with Gasteiger partial charge in [-0.25, -0.2) is 4.79 Å². The monoisotopic (exact) mass is 248 g/mol. The molecule has 17 heavy (non-hydrogen) atoms. The van der Waals surface area contributed by atoms with Crippen LogP contribution in [0.15, 0.2) is 0 Å². The lowest BCUT2D eigenvalue weighted by molar-refractivity contribution is -0.176. The maximum absolute atomic E-state index is 12.8. The summed E-state index contributed by atoms with van der Waals surface area (Å²) in [6.07, 6.45) is 2.14. The molecule has 2 saturated carbocycles. The van der Waals surface area contributed by atoms with Gasteiger partial charge in [-0.2, -0.15) is 8.78 Å². The van der Waals surface area contributed by atoms with Crippen molar-refractivity contribution in [3.63, 3.8) is 0 Å². The summed E-state index contributed by atoms with van der Waals surface area (Å²) in [6, 6.07) is 0. The number of alkyl halides is 2. The first-order valence-corrected chi connectivity index (χ1v) is 5.69. The molecule has 0 aromatic carbocycles. The van der Waals surface area contributed by atoms with Crippen LogP contribution in [-0.2, 0) is 14.3 Å². The molecule has 3 atom stereocenters. The van der Waals surface area contributed by atoms with E-state index in [1.165, 1.54) is 0 Å². The third-order valence-electron chi connectivity index (χ3n) is 3.64. The lowest BCUT2D eigenvalue weighted by atomic mass is 9.98. The molecule has 3 unspecified atom stereocenters. The first kappa shape index (κ1) is 12.3. The van der Waals surface area contributed by atoms with Crippen molar-refractivity contribution in [2.75, 3.05) is 0 Å². The van der Waals surface area contributed by atoms with Gasteiger partial charge >= 0.3 is 17.9 Å². The molecule has 1 N–H and O–H groups in total. The highest BCUT2D eigenvalue weighted by atomic mass is 19.3. The molecule has 0 radical (unpaired) electrons. The second-order valence-electron chi connectivity index (χ2n) is 4.89. The molecular formula is C11H14F2O4. The Hall–Kier alpha value is -1.20. The third-order valence-corrected chi connectivity index (χ3v) is 3.64. The van der Waals surface area contributed by atoms with E-state index in [-0.39, 0.29) is 12.0 Å². The minimum absolute atomic E-state index is 0.280. The Labute approximate surface area is 96.9 Å². The van der Waals surface area contributed by atoms with Crippen LogP contribution in [0.2, 0.25) is 0 Å². The molecule has 0 amide bonds. The van der Waals surface area contributed by atoms with Gasteiger partial charge in [0.2, 0.25) is 0 Å². The predicted molar refractivity (Wildman–Crippen MR) is 52.5 cm³/mol. The van der Waals surface area contributed by atoms with Crippen LogP contribution in [0, 0.1) is 11.8 Å². The molecule has 4 nitrogen and oxygen atoms in total. The Kier molecular flexibility index (Phi) is 3.05. The molecule has 0 aromatic heterocycles. The van der Waals surface area contributed by atoms with Crippen LogP contribution in [0.1, 0.15) is 32.1 Å². The van der Waals surface area contributed by atoms with Gasteiger partial charge in [-0.15, -0.1) is 0 Å². The van der Waals surface area contributed by atoms with Crippen LogP contribution in [0.3, 0.4) is 0 Å².